The summed E-state index contributed by atoms with van der Waals surface area (Å²) in [6.45, 7) is 2.87. The molecule has 0 amide bonds. The van der Waals surface area contributed by atoms with Crippen LogP contribution < -0.4 is 5.32 Å². The van der Waals surface area contributed by atoms with Crippen LogP contribution >= 0.6 is 0 Å². The molecule has 3 aromatic rings. The fraction of sp³-hybridized carbons (Fsp3) is 0.188. The number of furan rings is 1. The van der Waals surface area contributed by atoms with Crippen LogP contribution in [0.15, 0.2) is 53.1 Å². The van der Waals surface area contributed by atoms with Gasteiger partial charge in [0.15, 0.2) is 0 Å². The standard InChI is InChI=1S/C16H16N2O/c1-12-11-16(14-6-2-3-7-15(14)18-12)17-9-8-13-5-4-10-19-13/h2-7,10-11H,8-9H2,1H3,(H,17,18). The molecule has 1 N–H and O–H groups in total. The molecule has 2 aromatic heterocycles. The summed E-state index contributed by atoms with van der Waals surface area (Å²) in [7, 11) is 0. The lowest BCUT2D eigenvalue weighted by molar-refractivity contribution is 0.513. The number of rotatable bonds is 4. The van der Waals surface area contributed by atoms with E-state index in [1.54, 1.807) is 6.26 Å². The van der Waals surface area contributed by atoms with Crippen LogP contribution in [-0.2, 0) is 6.42 Å². The Morgan fingerprint density at radius 1 is 1.16 bits per heavy atom. The number of para-hydroxylation sites is 1. The molecular formula is C16H16N2O. The van der Waals surface area contributed by atoms with E-state index < -0.39 is 0 Å². The third kappa shape index (κ3) is 2.60. The second-order valence-corrected chi connectivity index (χ2v) is 4.58. The monoisotopic (exact) mass is 252 g/mol. The van der Waals surface area contributed by atoms with Gasteiger partial charge in [0.25, 0.3) is 0 Å². The van der Waals surface area contributed by atoms with E-state index in [1.807, 2.05) is 37.3 Å². The average molecular weight is 252 g/mol. The maximum absolute atomic E-state index is 5.33. The number of nitrogens with zero attached hydrogens (tertiary/aromatic N) is 1. The highest BCUT2D eigenvalue weighted by atomic mass is 16.3. The largest absolute Gasteiger partial charge is 0.469 e. The Hall–Kier alpha value is -2.29. The van der Waals surface area contributed by atoms with Crippen LogP contribution in [-0.4, -0.2) is 11.5 Å². The van der Waals surface area contributed by atoms with Gasteiger partial charge in [-0.2, -0.15) is 0 Å². The number of anilines is 1. The normalized spacial score (nSPS) is 10.8. The molecule has 96 valence electrons. The van der Waals surface area contributed by atoms with Gasteiger partial charge in [0.05, 0.1) is 11.8 Å². The molecule has 0 saturated heterocycles. The summed E-state index contributed by atoms with van der Waals surface area (Å²) in [5.74, 6) is 1.00. The van der Waals surface area contributed by atoms with E-state index in [1.165, 1.54) is 0 Å². The van der Waals surface area contributed by atoms with Crippen molar-refractivity contribution in [3.63, 3.8) is 0 Å². The SMILES string of the molecule is Cc1cc(NCCc2ccco2)c2ccccc2n1. The number of benzene rings is 1. The van der Waals surface area contributed by atoms with Crippen LogP contribution in [0.25, 0.3) is 10.9 Å². The molecule has 0 fully saturated rings. The first-order valence-corrected chi connectivity index (χ1v) is 6.45. The van der Waals surface area contributed by atoms with Crippen LogP contribution in [0.5, 0.6) is 0 Å². The first kappa shape index (κ1) is 11.8. The van der Waals surface area contributed by atoms with E-state index in [2.05, 4.69) is 22.4 Å². The molecular weight excluding hydrogens is 236 g/mol. The van der Waals surface area contributed by atoms with Crippen molar-refractivity contribution < 1.29 is 4.42 Å². The first-order valence-electron chi connectivity index (χ1n) is 6.45. The molecule has 2 heterocycles. The van der Waals surface area contributed by atoms with Gasteiger partial charge in [-0.15, -0.1) is 0 Å². The third-order valence-corrected chi connectivity index (χ3v) is 3.11. The molecule has 0 atom stereocenters. The van der Waals surface area contributed by atoms with Crippen LogP contribution in [0.3, 0.4) is 0 Å². The van der Waals surface area contributed by atoms with Gasteiger partial charge in [0.1, 0.15) is 5.76 Å². The zero-order valence-electron chi connectivity index (χ0n) is 10.9. The maximum Gasteiger partial charge on any atom is 0.105 e. The fourth-order valence-corrected chi connectivity index (χ4v) is 2.23. The van der Waals surface area contributed by atoms with Crippen molar-refractivity contribution in [2.75, 3.05) is 11.9 Å². The number of fused-ring (bicyclic) bond motifs is 1. The van der Waals surface area contributed by atoms with E-state index in [0.717, 1.165) is 41.0 Å². The summed E-state index contributed by atoms with van der Waals surface area (Å²) in [6, 6.07) is 14.2. The molecule has 0 radical (unpaired) electrons. The fourth-order valence-electron chi connectivity index (χ4n) is 2.23. The lowest BCUT2D eigenvalue weighted by Gasteiger charge is -2.10. The lowest BCUT2D eigenvalue weighted by atomic mass is 10.1. The maximum atomic E-state index is 5.33. The molecule has 0 aliphatic heterocycles. The zero-order chi connectivity index (χ0) is 13.1. The van der Waals surface area contributed by atoms with Crippen molar-refractivity contribution in [1.82, 2.24) is 4.98 Å². The second kappa shape index (κ2) is 5.14. The van der Waals surface area contributed by atoms with E-state index in [-0.39, 0.29) is 0 Å². The van der Waals surface area contributed by atoms with Gasteiger partial charge >= 0.3 is 0 Å². The van der Waals surface area contributed by atoms with Crippen LogP contribution in [0.1, 0.15) is 11.5 Å². The Morgan fingerprint density at radius 3 is 2.89 bits per heavy atom. The molecule has 0 aliphatic rings. The Kier molecular flexibility index (Phi) is 3.19. The number of aromatic nitrogens is 1. The summed E-state index contributed by atoms with van der Waals surface area (Å²) in [5, 5.41) is 4.63. The Bertz CT molecular complexity index is 674. The molecule has 0 unspecified atom stereocenters. The minimum absolute atomic E-state index is 0.848. The molecule has 3 nitrogen and oxygen atoms in total. The number of aryl methyl sites for hydroxylation is 1. The minimum atomic E-state index is 0.848. The number of pyridine rings is 1. The summed E-state index contributed by atoms with van der Waals surface area (Å²) in [5.41, 5.74) is 3.19. The van der Waals surface area contributed by atoms with E-state index >= 15 is 0 Å². The molecule has 0 spiro atoms. The van der Waals surface area contributed by atoms with E-state index in [0.29, 0.717) is 0 Å². The smallest absolute Gasteiger partial charge is 0.105 e. The van der Waals surface area contributed by atoms with Gasteiger partial charge in [-0.25, -0.2) is 0 Å². The van der Waals surface area contributed by atoms with Crippen molar-refractivity contribution in [2.45, 2.75) is 13.3 Å². The number of hydrogen-bond acceptors (Lipinski definition) is 3. The Labute approximate surface area is 112 Å². The number of nitrogens with one attached hydrogen (secondary N) is 1. The molecule has 3 rings (SSSR count). The van der Waals surface area contributed by atoms with E-state index in [9.17, 15) is 0 Å². The van der Waals surface area contributed by atoms with Crippen molar-refractivity contribution in [2.24, 2.45) is 0 Å². The van der Waals surface area contributed by atoms with Crippen molar-refractivity contribution >= 4 is 16.6 Å². The predicted octanol–water partition coefficient (Wildman–Crippen LogP) is 3.79. The van der Waals surface area contributed by atoms with Gasteiger partial charge in [0.2, 0.25) is 0 Å². The Morgan fingerprint density at radius 2 is 2.05 bits per heavy atom. The third-order valence-electron chi connectivity index (χ3n) is 3.11. The first-order chi connectivity index (χ1) is 9.33. The highest BCUT2D eigenvalue weighted by molar-refractivity contribution is 5.91. The lowest BCUT2D eigenvalue weighted by Crippen LogP contribution is -2.05. The summed E-state index contributed by atoms with van der Waals surface area (Å²) in [6.07, 6.45) is 2.59. The van der Waals surface area contributed by atoms with Crippen LogP contribution in [0.2, 0.25) is 0 Å². The zero-order valence-corrected chi connectivity index (χ0v) is 10.9. The summed E-state index contributed by atoms with van der Waals surface area (Å²) in [4.78, 5) is 4.54. The summed E-state index contributed by atoms with van der Waals surface area (Å²) >= 11 is 0. The highest BCUT2D eigenvalue weighted by Gasteiger charge is 2.03. The quantitative estimate of drug-likeness (QED) is 0.767. The number of hydrogen-bond donors (Lipinski definition) is 1. The molecule has 1 aromatic carbocycles. The highest BCUT2D eigenvalue weighted by Crippen LogP contribution is 2.22. The van der Waals surface area contributed by atoms with Crippen LogP contribution in [0.4, 0.5) is 5.69 Å². The minimum Gasteiger partial charge on any atom is -0.469 e. The summed E-state index contributed by atoms with van der Waals surface area (Å²) < 4.78 is 5.33. The van der Waals surface area contributed by atoms with Crippen molar-refractivity contribution in [3.05, 3.63) is 60.2 Å². The topological polar surface area (TPSA) is 38.1 Å². The average Bonchev–Trinajstić information content (AvgIpc) is 2.91. The molecule has 3 heteroatoms. The van der Waals surface area contributed by atoms with Gasteiger partial charge in [-0.1, -0.05) is 18.2 Å². The van der Waals surface area contributed by atoms with Crippen molar-refractivity contribution in [1.29, 1.82) is 0 Å². The van der Waals surface area contributed by atoms with Gasteiger partial charge in [-0.05, 0) is 31.2 Å². The van der Waals surface area contributed by atoms with Crippen LogP contribution in [0, 0.1) is 6.92 Å². The second-order valence-electron chi connectivity index (χ2n) is 4.58. The van der Waals surface area contributed by atoms with Crippen molar-refractivity contribution in [3.8, 4) is 0 Å². The molecule has 0 aliphatic carbocycles. The van der Waals surface area contributed by atoms with Gasteiger partial charge < -0.3 is 9.73 Å². The molecule has 0 bridgehead atoms. The van der Waals surface area contributed by atoms with E-state index in [4.69, 9.17) is 4.42 Å². The Balaban J connectivity index is 1.80. The van der Waals surface area contributed by atoms with Gasteiger partial charge in [0, 0.05) is 29.7 Å². The molecule has 0 saturated carbocycles. The molecule has 19 heavy (non-hydrogen) atoms. The van der Waals surface area contributed by atoms with Gasteiger partial charge in [-0.3, -0.25) is 4.98 Å². The predicted molar refractivity (Wildman–Crippen MR) is 77.4 cm³/mol.